The number of carbonyl (C=O) groups excluding carboxylic acids is 2. The molecule has 1 aliphatic carbocycles. The van der Waals surface area contributed by atoms with Gasteiger partial charge in [0.1, 0.15) is 0 Å². The van der Waals surface area contributed by atoms with Crippen LogP contribution in [0, 0.1) is 5.92 Å². The summed E-state index contributed by atoms with van der Waals surface area (Å²) >= 11 is 1.41. The van der Waals surface area contributed by atoms with E-state index in [1.807, 2.05) is 0 Å². The Labute approximate surface area is 115 Å². The standard InChI is InChI=1S/C12H17N3O3S/c1-2-18-11(17)7-3-4-8-9(5-7)19-12(14-8)15-10(16)6-13/h7H,2-6,13H2,1H3,(H,14,15,16). The van der Waals surface area contributed by atoms with E-state index in [4.69, 9.17) is 10.5 Å². The monoisotopic (exact) mass is 283 g/mol. The number of nitrogens with one attached hydrogen (secondary N) is 1. The van der Waals surface area contributed by atoms with E-state index in [1.165, 1.54) is 11.3 Å². The molecule has 0 saturated carbocycles. The number of aryl methyl sites for hydroxylation is 1. The smallest absolute Gasteiger partial charge is 0.309 e. The van der Waals surface area contributed by atoms with Crippen LogP contribution in [0.1, 0.15) is 23.9 Å². The van der Waals surface area contributed by atoms with E-state index < -0.39 is 0 Å². The number of esters is 1. The first-order valence-electron chi connectivity index (χ1n) is 6.29. The van der Waals surface area contributed by atoms with Crippen molar-refractivity contribution >= 4 is 28.3 Å². The van der Waals surface area contributed by atoms with Gasteiger partial charge in [-0.05, 0) is 26.2 Å². The summed E-state index contributed by atoms with van der Waals surface area (Å²) < 4.78 is 5.04. The van der Waals surface area contributed by atoms with E-state index in [0.717, 1.165) is 23.4 Å². The summed E-state index contributed by atoms with van der Waals surface area (Å²) in [6.45, 7) is 2.15. The van der Waals surface area contributed by atoms with Crippen molar-refractivity contribution in [1.29, 1.82) is 0 Å². The molecule has 0 aromatic carbocycles. The molecule has 0 aliphatic heterocycles. The second-order valence-corrected chi connectivity index (χ2v) is 5.42. The van der Waals surface area contributed by atoms with Gasteiger partial charge in [-0.3, -0.25) is 9.59 Å². The third-order valence-corrected chi connectivity index (χ3v) is 4.03. The van der Waals surface area contributed by atoms with Crippen LogP contribution in [0.4, 0.5) is 5.13 Å². The lowest BCUT2D eigenvalue weighted by Gasteiger charge is -2.18. The third kappa shape index (κ3) is 3.30. The van der Waals surface area contributed by atoms with E-state index in [0.29, 0.717) is 18.2 Å². The highest BCUT2D eigenvalue weighted by Crippen LogP contribution is 2.32. The Bertz CT molecular complexity index is 487. The van der Waals surface area contributed by atoms with Crippen LogP contribution < -0.4 is 11.1 Å². The second-order valence-electron chi connectivity index (χ2n) is 4.33. The van der Waals surface area contributed by atoms with E-state index in [1.54, 1.807) is 6.92 Å². The molecular weight excluding hydrogens is 266 g/mol. The molecule has 1 atom stereocenters. The lowest BCUT2D eigenvalue weighted by atomic mass is 9.91. The Hall–Kier alpha value is -1.47. The number of nitrogens with two attached hydrogens (primary N) is 1. The summed E-state index contributed by atoms with van der Waals surface area (Å²) in [6.07, 6.45) is 2.14. The van der Waals surface area contributed by atoms with Gasteiger partial charge in [-0.1, -0.05) is 0 Å². The predicted octanol–water partition coefficient (Wildman–Crippen LogP) is 0.708. The Morgan fingerprint density at radius 2 is 2.37 bits per heavy atom. The first-order valence-corrected chi connectivity index (χ1v) is 7.10. The SMILES string of the molecule is CCOC(=O)C1CCc2nc(NC(=O)CN)sc2C1. The fraction of sp³-hybridized carbons (Fsp3) is 0.583. The van der Waals surface area contributed by atoms with Crippen molar-refractivity contribution in [2.24, 2.45) is 11.7 Å². The molecule has 0 spiro atoms. The molecule has 7 heteroatoms. The summed E-state index contributed by atoms with van der Waals surface area (Å²) in [5.74, 6) is -0.493. The van der Waals surface area contributed by atoms with Gasteiger partial charge in [-0.25, -0.2) is 4.98 Å². The largest absolute Gasteiger partial charge is 0.466 e. The first-order chi connectivity index (χ1) is 9.13. The molecule has 1 aliphatic rings. The van der Waals surface area contributed by atoms with Crippen molar-refractivity contribution in [1.82, 2.24) is 4.98 Å². The minimum atomic E-state index is -0.256. The van der Waals surface area contributed by atoms with Gasteiger partial charge < -0.3 is 15.8 Å². The number of rotatable bonds is 4. The molecule has 1 heterocycles. The Morgan fingerprint density at radius 3 is 3.05 bits per heavy atom. The van der Waals surface area contributed by atoms with Crippen LogP contribution in [0.3, 0.4) is 0 Å². The van der Waals surface area contributed by atoms with Crippen LogP contribution in [0.15, 0.2) is 0 Å². The fourth-order valence-electron chi connectivity index (χ4n) is 2.06. The van der Waals surface area contributed by atoms with Gasteiger partial charge in [0.25, 0.3) is 0 Å². The number of ether oxygens (including phenoxy) is 1. The van der Waals surface area contributed by atoms with Crippen molar-refractivity contribution < 1.29 is 14.3 Å². The zero-order valence-corrected chi connectivity index (χ0v) is 11.6. The molecule has 0 fully saturated rings. The summed E-state index contributed by atoms with van der Waals surface area (Å²) in [5, 5.41) is 3.21. The van der Waals surface area contributed by atoms with Crippen LogP contribution in [0.25, 0.3) is 0 Å². The lowest BCUT2D eigenvalue weighted by molar-refractivity contribution is -0.148. The normalized spacial score (nSPS) is 17.7. The minimum absolute atomic E-state index is 0.0598. The Balaban J connectivity index is 2.04. The molecule has 0 bridgehead atoms. The quantitative estimate of drug-likeness (QED) is 0.794. The number of thiazole rings is 1. The summed E-state index contributed by atoms with van der Waals surface area (Å²) in [5.41, 5.74) is 6.21. The zero-order valence-electron chi connectivity index (χ0n) is 10.8. The number of hydrogen-bond donors (Lipinski definition) is 2. The maximum absolute atomic E-state index is 11.7. The van der Waals surface area contributed by atoms with Gasteiger partial charge in [0.2, 0.25) is 5.91 Å². The molecule has 1 amide bonds. The second kappa shape index (κ2) is 6.12. The highest BCUT2D eigenvalue weighted by molar-refractivity contribution is 7.15. The van der Waals surface area contributed by atoms with E-state index in [2.05, 4.69) is 10.3 Å². The number of anilines is 1. The molecule has 19 heavy (non-hydrogen) atoms. The maximum Gasteiger partial charge on any atom is 0.309 e. The maximum atomic E-state index is 11.7. The fourth-order valence-corrected chi connectivity index (χ4v) is 3.16. The van der Waals surface area contributed by atoms with Crippen molar-refractivity contribution in [3.8, 4) is 0 Å². The molecule has 1 unspecified atom stereocenters. The highest BCUT2D eigenvalue weighted by Gasteiger charge is 2.28. The Morgan fingerprint density at radius 1 is 1.58 bits per heavy atom. The Kier molecular flexibility index (Phi) is 4.49. The highest BCUT2D eigenvalue weighted by atomic mass is 32.1. The lowest BCUT2D eigenvalue weighted by Crippen LogP contribution is -2.24. The van der Waals surface area contributed by atoms with Crippen LogP contribution in [-0.4, -0.2) is 30.0 Å². The number of carbonyl (C=O) groups is 2. The molecule has 104 valence electrons. The van der Waals surface area contributed by atoms with Crippen molar-refractivity contribution in [2.75, 3.05) is 18.5 Å². The zero-order chi connectivity index (χ0) is 13.8. The topological polar surface area (TPSA) is 94.3 Å². The summed E-state index contributed by atoms with van der Waals surface area (Å²) in [6, 6.07) is 0. The molecule has 6 nitrogen and oxygen atoms in total. The molecule has 3 N–H and O–H groups in total. The molecular formula is C12H17N3O3S. The van der Waals surface area contributed by atoms with Gasteiger partial charge >= 0.3 is 5.97 Å². The molecule has 0 radical (unpaired) electrons. The number of nitrogens with zero attached hydrogens (tertiary/aromatic N) is 1. The average Bonchev–Trinajstić information content (AvgIpc) is 2.79. The summed E-state index contributed by atoms with van der Waals surface area (Å²) in [7, 11) is 0. The number of fused-ring (bicyclic) bond motifs is 1. The third-order valence-electron chi connectivity index (χ3n) is 2.99. The number of amides is 1. The predicted molar refractivity (Wildman–Crippen MR) is 71.9 cm³/mol. The van der Waals surface area contributed by atoms with Gasteiger partial charge in [-0.15, -0.1) is 11.3 Å². The van der Waals surface area contributed by atoms with E-state index in [9.17, 15) is 9.59 Å². The molecule has 2 rings (SSSR count). The van der Waals surface area contributed by atoms with Crippen LogP contribution in [0.2, 0.25) is 0 Å². The van der Waals surface area contributed by atoms with Gasteiger partial charge in [-0.2, -0.15) is 0 Å². The average molecular weight is 283 g/mol. The van der Waals surface area contributed by atoms with Crippen molar-refractivity contribution in [3.05, 3.63) is 10.6 Å². The van der Waals surface area contributed by atoms with E-state index in [-0.39, 0.29) is 24.3 Å². The summed E-state index contributed by atoms with van der Waals surface area (Å²) in [4.78, 5) is 28.3. The molecule has 0 saturated heterocycles. The van der Waals surface area contributed by atoms with Crippen LogP contribution in [0.5, 0.6) is 0 Å². The van der Waals surface area contributed by atoms with Gasteiger partial charge in [0, 0.05) is 4.88 Å². The van der Waals surface area contributed by atoms with E-state index >= 15 is 0 Å². The van der Waals surface area contributed by atoms with Crippen LogP contribution in [-0.2, 0) is 27.2 Å². The van der Waals surface area contributed by atoms with Crippen molar-refractivity contribution in [2.45, 2.75) is 26.2 Å². The molecule has 1 aromatic heterocycles. The van der Waals surface area contributed by atoms with Crippen molar-refractivity contribution in [3.63, 3.8) is 0 Å². The molecule has 1 aromatic rings. The van der Waals surface area contributed by atoms with Gasteiger partial charge in [0.15, 0.2) is 5.13 Å². The number of aromatic nitrogens is 1. The first kappa shape index (κ1) is 14.0. The van der Waals surface area contributed by atoms with Gasteiger partial charge in [0.05, 0.1) is 24.8 Å². The van der Waals surface area contributed by atoms with Crippen LogP contribution >= 0.6 is 11.3 Å². The minimum Gasteiger partial charge on any atom is -0.466 e. The number of hydrogen-bond acceptors (Lipinski definition) is 6.